The zero-order valence-corrected chi connectivity index (χ0v) is 17.2. The molecule has 1 rings (SSSR count). The topological polar surface area (TPSA) is 83.2 Å². The highest BCUT2D eigenvalue weighted by molar-refractivity contribution is 5.75. The highest BCUT2D eigenvalue weighted by Crippen LogP contribution is 2.21. The molecule has 0 unspecified atom stereocenters. The number of ether oxygens (including phenoxy) is 3. The number of nitrogens with zero attached hydrogens (tertiary/aromatic N) is 1. The number of amides is 1. The molecule has 0 aromatic heterocycles. The fraction of sp³-hybridized carbons (Fsp3) is 0.950. The van der Waals surface area contributed by atoms with Gasteiger partial charge < -0.3 is 19.9 Å². The van der Waals surface area contributed by atoms with Crippen LogP contribution in [0.5, 0.6) is 0 Å². The van der Waals surface area contributed by atoms with Gasteiger partial charge in [-0.05, 0) is 32.2 Å². The van der Waals surface area contributed by atoms with Gasteiger partial charge in [0.05, 0.1) is 45.7 Å². The average molecular weight is 389 g/mol. The average Bonchev–Trinajstić information content (AvgIpc) is 2.69. The van der Waals surface area contributed by atoms with Gasteiger partial charge in [-0.15, -0.1) is 0 Å². The van der Waals surface area contributed by atoms with Crippen LogP contribution in [-0.4, -0.2) is 70.3 Å². The molecule has 1 aliphatic rings. The largest absolute Gasteiger partial charge is 0.382 e. The molecule has 1 fully saturated rings. The van der Waals surface area contributed by atoms with Crippen LogP contribution in [0, 0.1) is 0 Å². The van der Waals surface area contributed by atoms with Gasteiger partial charge >= 0.3 is 0 Å². The molecule has 7 nitrogen and oxygen atoms in total. The second kappa shape index (κ2) is 17.4. The molecule has 0 bridgehead atoms. The van der Waals surface area contributed by atoms with E-state index in [-0.39, 0.29) is 12.0 Å². The van der Waals surface area contributed by atoms with Crippen molar-refractivity contribution in [1.29, 1.82) is 0 Å². The molecule has 0 atom stereocenters. The zero-order valence-electron chi connectivity index (χ0n) is 17.2. The molecule has 0 saturated heterocycles. The summed E-state index contributed by atoms with van der Waals surface area (Å²) in [4.78, 5) is 18.6. The Bertz CT molecular complexity index is 351. The summed E-state index contributed by atoms with van der Waals surface area (Å²) in [5, 5.41) is 1.55. The third kappa shape index (κ3) is 13.1. The van der Waals surface area contributed by atoms with Crippen LogP contribution < -0.4 is 5.73 Å². The van der Waals surface area contributed by atoms with Crippen molar-refractivity contribution >= 4 is 5.91 Å². The molecule has 160 valence electrons. The van der Waals surface area contributed by atoms with Gasteiger partial charge in [0, 0.05) is 13.5 Å². The zero-order chi connectivity index (χ0) is 19.6. The summed E-state index contributed by atoms with van der Waals surface area (Å²) in [6, 6.07) is 0. The number of hydrogen-bond donors (Lipinski definition) is 1. The minimum atomic E-state index is 0.0632. The molecular weight excluding hydrogens is 348 g/mol. The SMILES string of the molecule is COCCOCCOCCN(OC1CCCCC1)C(=O)CCCCCCN. The summed E-state index contributed by atoms with van der Waals surface area (Å²) in [6.07, 6.45) is 10.4. The minimum absolute atomic E-state index is 0.0632. The summed E-state index contributed by atoms with van der Waals surface area (Å²) in [5.41, 5.74) is 5.51. The highest BCUT2D eigenvalue weighted by atomic mass is 16.7. The lowest BCUT2D eigenvalue weighted by Gasteiger charge is -2.29. The number of methoxy groups -OCH3 is 1. The maximum Gasteiger partial charge on any atom is 0.246 e. The maximum atomic E-state index is 12.6. The summed E-state index contributed by atoms with van der Waals surface area (Å²) in [5.74, 6) is 0.0632. The van der Waals surface area contributed by atoms with Crippen LogP contribution in [0.25, 0.3) is 0 Å². The van der Waals surface area contributed by atoms with Crippen molar-refractivity contribution in [1.82, 2.24) is 5.06 Å². The van der Waals surface area contributed by atoms with Crippen LogP contribution in [-0.2, 0) is 23.8 Å². The summed E-state index contributed by atoms with van der Waals surface area (Å²) in [7, 11) is 1.65. The second-order valence-corrected chi connectivity index (χ2v) is 7.03. The van der Waals surface area contributed by atoms with Crippen molar-refractivity contribution in [3.05, 3.63) is 0 Å². The van der Waals surface area contributed by atoms with E-state index in [0.717, 1.165) is 45.1 Å². The maximum absolute atomic E-state index is 12.6. The number of carbonyl (C=O) groups is 1. The fourth-order valence-corrected chi connectivity index (χ4v) is 3.10. The molecule has 27 heavy (non-hydrogen) atoms. The van der Waals surface area contributed by atoms with Gasteiger partial charge in [-0.3, -0.25) is 9.63 Å². The molecule has 0 radical (unpaired) electrons. The van der Waals surface area contributed by atoms with Crippen LogP contribution in [0.3, 0.4) is 0 Å². The first kappa shape index (κ1) is 24.3. The third-order valence-corrected chi connectivity index (χ3v) is 4.69. The minimum Gasteiger partial charge on any atom is -0.382 e. The van der Waals surface area contributed by atoms with E-state index in [4.69, 9.17) is 24.8 Å². The van der Waals surface area contributed by atoms with E-state index in [1.807, 2.05) is 0 Å². The predicted molar refractivity (Wildman–Crippen MR) is 105 cm³/mol. The lowest BCUT2D eigenvalue weighted by molar-refractivity contribution is -0.214. The standard InChI is InChI=1S/C20H40N2O5/c1-24-15-16-26-18-17-25-14-13-22(27-19-9-5-4-6-10-19)20(23)11-7-2-3-8-12-21/h19H,2-18,21H2,1H3. The van der Waals surface area contributed by atoms with Gasteiger partial charge in [-0.25, -0.2) is 5.06 Å². The molecule has 1 amide bonds. The first-order valence-electron chi connectivity index (χ1n) is 10.6. The van der Waals surface area contributed by atoms with Crippen molar-refractivity contribution < 1.29 is 23.8 Å². The number of rotatable bonds is 17. The first-order valence-corrected chi connectivity index (χ1v) is 10.6. The van der Waals surface area contributed by atoms with Gasteiger partial charge in [-0.1, -0.05) is 32.1 Å². The Balaban J connectivity index is 2.26. The predicted octanol–water partition coefficient (Wildman–Crippen LogP) is 2.67. The van der Waals surface area contributed by atoms with Crippen molar-refractivity contribution in [2.24, 2.45) is 5.73 Å². The van der Waals surface area contributed by atoms with Crippen molar-refractivity contribution in [3.8, 4) is 0 Å². The molecule has 1 saturated carbocycles. The third-order valence-electron chi connectivity index (χ3n) is 4.69. The Hall–Kier alpha value is -0.730. The molecule has 7 heteroatoms. The number of nitrogens with two attached hydrogens (primary N) is 1. The van der Waals surface area contributed by atoms with E-state index in [1.54, 1.807) is 12.2 Å². The Labute approximate surface area is 164 Å². The molecule has 0 aromatic carbocycles. The van der Waals surface area contributed by atoms with Gasteiger partial charge in [0.1, 0.15) is 0 Å². The molecule has 0 heterocycles. The first-order chi connectivity index (χ1) is 13.3. The van der Waals surface area contributed by atoms with Crippen molar-refractivity contribution in [3.63, 3.8) is 0 Å². The van der Waals surface area contributed by atoms with Crippen molar-refractivity contribution in [2.75, 3.05) is 53.2 Å². The van der Waals surface area contributed by atoms with E-state index >= 15 is 0 Å². The van der Waals surface area contributed by atoms with Crippen molar-refractivity contribution in [2.45, 2.75) is 70.3 Å². The normalized spacial score (nSPS) is 15.2. The van der Waals surface area contributed by atoms with E-state index in [9.17, 15) is 4.79 Å². The number of hydroxylamine groups is 2. The van der Waals surface area contributed by atoms with Crippen LogP contribution in [0.2, 0.25) is 0 Å². The van der Waals surface area contributed by atoms with E-state index < -0.39 is 0 Å². The highest BCUT2D eigenvalue weighted by Gasteiger charge is 2.21. The van der Waals surface area contributed by atoms with Crippen LogP contribution in [0.15, 0.2) is 0 Å². The Morgan fingerprint density at radius 2 is 1.59 bits per heavy atom. The smallest absolute Gasteiger partial charge is 0.246 e. The van der Waals surface area contributed by atoms with E-state index in [0.29, 0.717) is 46.0 Å². The summed E-state index contributed by atoms with van der Waals surface area (Å²) in [6.45, 7) is 3.84. The monoisotopic (exact) mass is 388 g/mol. The van der Waals surface area contributed by atoms with Gasteiger partial charge in [0.15, 0.2) is 0 Å². The molecular formula is C20H40N2O5. The Morgan fingerprint density at radius 1 is 0.926 bits per heavy atom. The quantitative estimate of drug-likeness (QED) is 0.305. The van der Waals surface area contributed by atoms with E-state index in [2.05, 4.69) is 0 Å². The Kier molecular flexibility index (Phi) is 15.6. The Morgan fingerprint density at radius 3 is 2.30 bits per heavy atom. The fourth-order valence-electron chi connectivity index (χ4n) is 3.10. The van der Waals surface area contributed by atoms with E-state index in [1.165, 1.54) is 19.3 Å². The van der Waals surface area contributed by atoms with Gasteiger partial charge in [0.2, 0.25) is 5.91 Å². The van der Waals surface area contributed by atoms with Gasteiger partial charge in [0.25, 0.3) is 0 Å². The molecule has 2 N–H and O–H groups in total. The molecule has 0 aromatic rings. The molecule has 1 aliphatic carbocycles. The van der Waals surface area contributed by atoms with Crippen LogP contribution in [0.4, 0.5) is 0 Å². The second-order valence-electron chi connectivity index (χ2n) is 7.03. The summed E-state index contributed by atoms with van der Waals surface area (Å²) < 4.78 is 15.9. The molecule has 0 spiro atoms. The van der Waals surface area contributed by atoms with Crippen LogP contribution in [0.1, 0.15) is 64.2 Å². The summed E-state index contributed by atoms with van der Waals surface area (Å²) >= 11 is 0. The lowest BCUT2D eigenvalue weighted by Crippen LogP contribution is -2.38. The molecule has 0 aliphatic heterocycles. The number of carbonyl (C=O) groups excluding carboxylic acids is 1. The number of hydrogen-bond acceptors (Lipinski definition) is 6. The van der Waals surface area contributed by atoms with Gasteiger partial charge in [-0.2, -0.15) is 0 Å². The number of unbranched alkanes of at least 4 members (excludes halogenated alkanes) is 3. The van der Waals surface area contributed by atoms with Crippen LogP contribution >= 0.6 is 0 Å². The lowest BCUT2D eigenvalue weighted by atomic mass is 9.98.